The molecule has 104 valence electrons. The van der Waals surface area contributed by atoms with Crippen molar-refractivity contribution in [2.75, 3.05) is 23.4 Å². The monoisotopic (exact) mass is 290 g/mol. The van der Waals surface area contributed by atoms with Gasteiger partial charge in [-0.25, -0.2) is 4.68 Å². The summed E-state index contributed by atoms with van der Waals surface area (Å²) >= 11 is 1.79. The Balaban J connectivity index is 1.71. The van der Waals surface area contributed by atoms with Crippen molar-refractivity contribution in [2.24, 2.45) is 0 Å². The van der Waals surface area contributed by atoms with Gasteiger partial charge < -0.3 is 10.6 Å². The van der Waals surface area contributed by atoms with Gasteiger partial charge in [-0.05, 0) is 28.6 Å². The number of nitrogens with zero attached hydrogens (tertiary/aromatic N) is 4. The number of anilines is 1. The fourth-order valence-corrected chi connectivity index (χ4v) is 2.90. The molecule has 20 heavy (non-hydrogen) atoms. The van der Waals surface area contributed by atoms with Crippen molar-refractivity contribution in [3.63, 3.8) is 0 Å². The van der Waals surface area contributed by atoms with E-state index in [9.17, 15) is 4.79 Å². The molecule has 1 amide bonds. The van der Waals surface area contributed by atoms with E-state index in [1.165, 1.54) is 6.33 Å². The fourth-order valence-electron chi connectivity index (χ4n) is 1.97. The van der Waals surface area contributed by atoms with Crippen LogP contribution in [0, 0.1) is 0 Å². The van der Waals surface area contributed by atoms with Crippen molar-refractivity contribution in [1.82, 2.24) is 25.5 Å². The van der Waals surface area contributed by atoms with Gasteiger partial charge in [0.05, 0.1) is 11.7 Å². The normalized spacial score (nSPS) is 18.7. The van der Waals surface area contributed by atoms with E-state index in [1.54, 1.807) is 16.4 Å². The average molecular weight is 290 g/mol. The summed E-state index contributed by atoms with van der Waals surface area (Å²) in [6, 6.07) is 7.29. The molecule has 1 aromatic heterocycles. The van der Waals surface area contributed by atoms with Crippen LogP contribution in [0.15, 0.2) is 30.6 Å². The van der Waals surface area contributed by atoms with Gasteiger partial charge in [-0.3, -0.25) is 4.79 Å². The summed E-state index contributed by atoms with van der Waals surface area (Å²) in [6.07, 6.45) is 1.51. The number of amides is 1. The molecule has 2 heterocycles. The largest absolute Gasteiger partial charge is 0.325 e. The second-order valence-corrected chi connectivity index (χ2v) is 5.53. The maximum Gasteiger partial charge on any atom is 0.242 e. The Bertz CT molecular complexity index is 581. The van der Waals surface area contributed by atoms with E-state index in [2.05, 4.69) is 26.2 Å². The van der Waals surface area contributed by atoms with Gasteiger partial charge in [0.2, 0.25) is 5.91 Å². The number of tetrazole rings is 1. The van der Waals surface area contributed by atoms with Crippen LogP contribution in [-0.2, 0) is 4.79 Å². The highest BCUT2D eigenvalue weighted by molar-refractivity contribution is 7.99. The Morgan fingerprint density at radius 3 is 3.20 bits per heavy atom. The van der Waals surface area contributed by atoms with E-state index in [0.717, 1.165) is 29.4 Å². The topological polar surface area (TPSA) is 84.7 Å². The Hall–Kier alpha value is -1.93. The van der Waals surface area contributed by atoms with Gasteiger partial charge in [0.1, 0.15) is 6.33 Å². The molecular weight excluding hydrogens is 276 g/mol. The fraction of sp³-hybridized carbons (Fsp3) is 0.333. The van der Waals surface area contributed by atoms with E-state index in [4.69, 9.17) is 0 Å². The molecule has 0 spiro atoms. The number of carbonyl (C=O) groups excluding carboxylic acids is 1. The van der Waals surface area contributed by atoms with Crippen LogP contribution in [0.4, 0.5) is 5.69 Å². The summed E-state index contributed by atoms with van der Waals surface area (Å²) in [7, 11) is 0. The third-order valence-corrected chi connectivity index (χ3v) is 4.03. The molecule has 7 nitrogen and oxygen atoms in total. The summed E-state index contributed by atoms with van der Waals surface area (Å²) in [4.78, 5) is 12.1. The number of thioether (sulfide) groups is 1. The van der Waals surface area contributed by atoms with Crippen LogP contribution >= 0.6 is 11.8 Å². The lowest BCUT2D eigenvalue weighted by atomic mass is 10.2. The lowest BCUT2D eigenvalue weighted by molar-refractivity contribution is -0.117. The van der Waals surface area contributed by atoms with Crippen LogP contribution in [0.3, 0.4) is 0 Å². The summed E-state index contributed by atoms with van der Waals surface area (Å²) in [6.45, 7) is 0.868. The molecular formula is C12H14N6OS. The number of hydrogen-bond acceptors (Lipinski definition) is 6. The van der Waals surface area contributed by atoms with Crippen molar-refractivity contribution < 1.29 is 4.79 Å². The van der Waals surface area contributed by atoms with Gasteiger partial charge >= 0.3 is 0 Å². The quantitative estimate of drug-likeness (QED) is 0.846. The van der Waals surface area contributed by atoms with Crippen LogP contribution in [0.5, 0.6) is 0 Å². The molecule has 1 aromatic carbocycles. The molecule has 3 rings (SSSR count). The number of nitrogens with one attached hydrogen (secondary N) is 2. The highest BCUT2D eigenvalue weighted by atomic mass is 32.2. The smallest absolute Gasteiger partial charge is 0.242 e. The SMILES string of the molecule is O=C(Nc1cccc(-n2cnnn2)c1)C1CSCCN1. The first-order valence-electron chi connectivity index (χ1n) is 6.28. The Morgan fingerprint density at radius 1 is 1.50 bits per heavy atom. The molecule has 1 saturated heterocycles. The predicted molar refractivity (Wildman–Crippen MR) is 76.9 cm³/mol. The number of hydrogen-bond donors (Lipinski definition) is 2. The Labute approximate surface area is 120 Å². The van der Waals surface area contributed by atoms with Crippen molar-refractivity contribution in [1.29, 1.82) is 0 Å². The third-order valence-electron chi connectivity index (χ3n) is 2.97. The highest BCUT2D eigenvalue weighted by Crippen LogP contribution is 2.15. The van der Waals surface area contributed by atoms with Gasteiger partial charge in [-0.15, -0.1) is 5.10 Å². The number of rotatable bonds is 3. The molecule has 1 aliphatic rings. The average Bonchev–Trinajstić information content (AvgIpc) is 3.03. The van der Waals surface area contributed by atoms with Crippen LogP contribution < -0.4 is 10.6 Å². The third kappa shape index (κ3) is 2.97. The second-order valence-electron chi connectivity index (χ2n) is 4.38. The predicted octanol–water partition coefficient (Wildman–Crippen LogP) is 0.306. The minimum Gasteiger partial charge on any atom is -0.325 e. The van der Waals surface area contributed by atoms with E-state index in [-0.39, 0.29) is 11.9 Å². The standard InChI is InChI=1S/C12H14N6OS/c19-12(11-7-20-5-4-13-11)15-9-2-1-3-10(6-9)18-8-14-16-17-18/h1-3,6,8,11,13H,4-5,7H2,(H,15,19). The lowest BCUT2D eigenvalue weighted by Gasteiger charge is -2.22. The molecule has 1 fully saturated rings. The summed E-state index contributed by atoms with van der Waals surface area (Å²) < 4.78 is 1.55. The van der Waals surface area contributed by atoms with Gasteiger partial charge in [-0.2, -0.15) is 11.8 Å². The maximum absolute atomic E-state index is 12.1. The van der Waals surface area contributed by atoms with E-state index in [1.807, 2.05) is 24.3 Å². The van der Waals surface area contributed by atoms with Crippen molar-refractivity contribution in [3.05, 3.63) is 30.6 Å². The Kier molecular flexibility index (Phi) is 3.93. The van der Waals surface area contributed by atoms with Gasteiger partial charge in [0, 0.05) is 23.7 Å². The minimum absolute atomic E-state index is 0.00827. The molecule has 1 unspecified atom stereocenters. The van der Waals surface area contributed by atoms with Gasteiger partial charge in [0.25, 0.3) is 0 Å². The number of benzene rings is 1. The maximum atomic E-state index is 12.1. The van der Waals surface area contributed by atoms with Crippen LogP contribution in [0.2, 0.25) is 0 Å². The summed E-state index contributed by atoms with van der Waals surface area (Å²) in [5.41, 5.74) is 1.54. The zero-order valence-electron chi connectivity index (χ0n) is 10.7. The van der Waals surface area contributed by atoms with E-state index < -0.39 is 0 Å². The van der Waals surface area contributed by atoms with Crippen LogP contribution in [0.1, 0.15) is 0 Å². The lowest BCUT2D eigenvalue weighted by Crippen LogP contribution is -2.46. The molecule has 2 aromatic rings. The molecule has 1 atom stereocenters. The molecule has 8 heteroatoms. The summed E-state index contributed by atoms with van der Waals surface area (Å²) in [5, 5.41) is 17.1. The first-order valence-corrected chi connectivity index (χ1v) is 7.44. The van der Waals surface area contributed by atoms with E-state index >= 15 is 0 Å². The molecule has 1 aliphatic heterocycles. The van der Waals surface area contributed by atoms with Crippen LogP contribution in [0.25, 0.3) is 5.69 Å². The zero-order valence-corrected chi connectivity index (χ0v) is 11.5. The second kappa shape index (κ2) is 6.02. The number of carbonyl (C=O) groups is 1. The highest BCUT2D eigenvalue weighted by Gasteiger charge is 2.20. The molecule has 0 radical (unpaired) electrons. The first-order chi connectivity index (χ1) is 9.83. The minimum atomic E-state index is -0.134. The van der Waals surface area contributed by atoms with Crippen molar-refractivity contribution in [2.45, 2.75) is 6.04 Å². The first kappa shape index (κ1) is 13.1. The molecule has 2 N–H and O–H groups in total. The van der Waals surface area contributed by atoms with Gasteiger partial charge in [-0.1, -0.05) is 6.07 Å². The van der Waals surface area contributed by atoms with Crippen molar-refractivity contribution >= 4 is 23.4 Å². The van der Waals surface area contributed by atoms with E-state index in [0.29, 0.717) is 0 Å². The summed E-state index contributed by atoms with van der Waals surface area (Å²) in [5.74, 6) is 1.85. The van der Waals surface area contributed by atoms with Crippen LogP contribution in [-0.4, -0.2) is 50.2 Å². The zero-order chi connectivity index (χ0) is 13.8. The van der Waals surface area contributed by atoms with Crippen molar-refractivity contribution in [3.8, 4) is 5.69 Å². The molecule has 0 aliphatic carbocycles. The van der Waals surface area contributed by atoms with Gasteiger partial charge in [0.15, 0.2) is 0 Å². The molecule has 0 saturated carbocycles. The number of aromatic nitrogens is 4. The Morgan fingerprint density at radius 2 is 2.45 bits per heavy atom. The molecule has 0 bridgehead atoms.